The van der Waals surface area contributed by atoms with E-state index in [4.69, 9.17) is 11.6 Å². The molecule has 0 aliphatic carbocycles. The van der Waals surface area contributed by atoms with Gasteiger partial charge in [0.1, 0.15) is 0 Å². The van der Waals surface area contributed by atoms with Gasteiger partial charge in [0.25, 0.3) is 11.8 Å². The summed E-state index contributed by atoms with van der Waals surface area (Å²) in [5.74, 6) is -0.326. The summed E-state index contributed by atoms with van der Waals surface area (Å²) in [4.78, 5) is 27.0. The van der Waals surface area contributed by atoms with Crippen LogP contribution in [0.2, 0.25) is 5.02 Å². The van der Waals surface area contributed by atoms with Crippen molar-refractivity contribution in [2.75, 3.05) is 18.4 Å². The molecule has 4 nitrogen and oxygen atoms in total. The number of hydrogen-bond acceptors (Lipinski definition) is 2. The second-order valence-corrected chi connectivity index (χ2v) is 7.34. The molecular formula is C18H16ClIN2O2. The molecule has 0 saturated carbocycles. The van der Waals surface area contributed by atoms with Gasteiger partial charge < -0.3 is 10.2 Å². The van der Waals surface area contributed by atoms with Crippen molar-refractivity contribution >= 4 is 51.7 Å². The van der Waals surface area contributed by atoms with E-state index in [1.807, 2.05) is 17.0 Å². The molecular weight excluding hydrogens is 439 g/mol. The van der Waals surface area contributed by atoms with Gasteiger partial charge in [0, 0.05) is 27.2 Å². The van der Waals surface area contributed by atoms with Crippen LogP contribution in [0, 0.1) is 3.57 Å². The summed E-state index contributed by atoms with van der Waals surface area (Å²) >= 11 is 8.21. The molecule has 0 spiro atoms. The Bertz CT molecular complexity index is 788. The molecule has 1 aliphatic rings. The quantitative estimate of drug-likeness (QED) is 0.698. The number of anilines is 1. The van der Waals surface area contributed by atoms with Crippen LogP contribution in [-0.4, -0.2) is 29.8 Å². The van der Waals surface area contributed by atoms with Crippen LogP contribution in [0.5, 0.6) is 0 Å². The van der Waals surface area contributed by atoms with Gasteiger partial charge in [-0.15, -0.1) is 0 Å². The topological polar surface area (TPSA) is 49.4 Å². The summed E-state index contributed by atoms with van der Waals surface area (Å²) in [6.45, 7) is 1.51. The number of nitrogens with one attached hydrogen (secondary N) is 1. The van der Waals surface area contributed by atoms with E-state index in [2.05, 4.69) is 27.9 Å². The molecule has 2 amide bonds. The Morgan fingerprint density at radius 1 is 1.08 bits per heavy atom. The van der Waals surface area contributed by atoms with Gasteiger partial charge in [0.05, 0.1) is 11.3 Å². The standard InChI is InChI=1S/C18H16ClIN2O2/c19-13-6-7-15(18(24)22-8-1-2-9-22)16(11-13)21-17(23)12-4-3-5-14(20)10-12/h3-7,10-11H,1-2,8-9H2,(H,21,23). The van der Waals surface area contributed by atoms with Crippen LogP contribution < -0.4 is 5.32 Å². The van der Waals surface area contributed by atoms with Crippen molar-refractivity contribution in [1.29, 1.82) is 0 Å². The van der Waals surface area contributed by atoms with Crippen LogP contribution in [-0.2, 0) is 0 Å². The summed E-state index contributed by atoms with van der Waals surface area (Å²) in [6.07, 6.45) is 2.03. The minimum atomic E-state index is -0.258. The van der Waals surface area contributed by atoms with E-state index < -0.39 is 0 Å². The van der Waals surface area contributed by atoms with E-state index in [-0.39, 0.29) is 11.8 Å². The van der Waals surface area contributed by atoms with Gasteiger partial charge in [-0.1, -0.05) is 17.7 Å². The number of amides is 2. The van der Waals surface area contributed by atoms with E-state index >= 15 is 0 Å². The van der Waals surface area contributed by atoms with E-state index in [1.165, 1.54) is 0 Å². The lowest BCUT2D eigenvalue weighted by molar-refractivity contribution is 0.0794. The highest BCUT2D eigenvalue weighted by atomic mass is 127. The minimum absolute atomic E-state index is 0.0675. The molecule has 2 aromatic rings. The number of benzene rings is 2. The highest BCUT2D eigenvalue weighted by Crippen LogP contribution is 2.25. The van der Waals surface area contributed by atoms with E-state index in [0.717, 1.165) is 29.5 Å². The molecule has 3 rings (SSSR count). The molecule has 0 atom stereocenters. The zero-order valence-corrected chi connectivity index (χ0v) is 15.8. The number of likely N-dealkylation sites (tertiary alicyclic amines) is 1. The Kier molecular flexibility index (Phi) is 5.40. The lowest BCUT2D eigenvalue weighted by Gasteiger charge is -2.18. The van der Waals surface area contributed by atoms with Crippen molar-refractivity contribution in [3.8, 4) is 0 Å². The maximum atomic E-state index is 12.7. The summed E-state index contributed by atoms with van der Waals surface area (Å²) in [7, 11) is 0. The Labute approximate surface area is 159 Å². The zero-order valence-electron chi connectivity index (χ0n) is 12.9. The van der Waals surface area contributed by atoms with Gasteiger partial charge in [0.15, 0.2) is 0 Å². The Hall–Kier alpha value is -1.60. The number of halogens is 2. The molecule has 1 fully saturated rings. The smallest absolute Gasteiger partial charge is 0.255 e. The summed E-state index contributed by atoms with van der Waals surface area (Å²) in [5, 5.41) is 3.30. The monoisotopic (exact) mass is 454 g/mol. The van der Waals surface area contributed by atoms with Crippen molar-refractivity contribution in [3.05, 3.63) is 62.2 Å². The molecule has 0 unspecified atom stereocenters. The fraction of sp³-hybridized carbons (Fsp3) is 0.222. The van der Waals surface area contributed by atoms with E-state index in [0.29, 0.717) is 21.8 Å². The normalized spacial score (nSPS) is 13.8. The zero-order chi connectivity index (χ0) is 17.1. The number of hydrogen-bond donors (Lipinski definition) is 1. The Morgan fingerprint density at radius 3 is 2.54 bits per heavy atom. The average Bonchev–Trinajstić information content (AvgIpc) is 3.09. The molecule has 1 saturated heterocycles. The first-order valence-electron chi connectivity index (χ1n) is 7.70. The Morgan fingerprint density at radius 2 is 1.83 bits per heavy atom. The third-order valence-corrected chi connectivity index (χ3v) is 4.85. The van der Waals surface area contributed by atoms with Crippen LogP contribution in [0.25, 0.3) is 0 Å². The molecule has 6 heteroatoms. The maximum absolute atomic E-state index is 12.7. The summed E-state index contributed by atoms with van der Waals surface area (Å²) in [5.41, 5.74) is 1.46. The molecule has 24 heavy (non-hydrogen) atoms. The third-order valence-electron chi connectivity index (χ3n) is 3.94. The van der Waals surface area contributed by atoms with Crippen molar-refractivity contribution in [3.63, 3.8) is 0 Å². The minimum Gasteiger partial charge on any atom is -0.339 e. The fourth-order valence-corrected chi connectivity index (χ4v) is 3.44. The SMILES string of the molecule is O=C(Nc1cc(Cl)ccc1C(=O)N1CCCC1)c1cccc(I)c1. The van der Waals surface area contributed by atoms with Crippen molar-refractivity contribution in [1.82, 2.24) is 4.90 Å². The highest BCUT2D eigenvalue weighted by molar-refractivity contribution is 14.1. The molecule has 0 aromatic heterocycles. The summed E-state index contributed by atoms with van der Waals surface area (Å²) in [6, 6.07) is 12.2. The van der Waals surface area contributed by atoms with Gasteiger partial charge in [-0.05, 0) is 71.8 Å². The number of nitrogens with zero attached hydrogens (tertiary/aromatic N) is 1. The van der Waals surface area contributed by atoms with Crippen molar-refractivity contribution in [2.45, 2.75) is 12.8 Å². The predicted molar refractivity (Wildman–Crippen MR) is 104 cm³/mol. The first-order chi connectivity index (χ1) is 11.5. The van der Waals surface area contributed by atoms with Crippen molar-refractivity contribution in [2.24, 2.45) is 0 Å². The predicted octanol–water partition coefficient (Wildman–Crippen LogP) is 4.43. The molecule has 1 N–H and O–H groups in total. The summed E-state index contributed by atoms with van der Waals surface area (Å²) < 4.78 is 0.972. The first kappa shape index (κ1) is 17.2. The largest absolute Gasteiger partial charge is 0.339 e. The second kappa shape index (κ2) is 7.53. The number of rotatable bonds is 3. The van der Waals surface area contributed by atoms with Crippen LogP contribution in [0.15, 0.2) is 42.5 Å². The van der Waals surface area contributed by atoms with Crippen molar-refractivity contribution < 1.29 is 9.59 Å². The van der Waals surface area contributed by atoms with Gasteiger partial charge in [-0.2, -0.15) is 0 Å². The Balaban J connectivity index is 1.88. The lowest BCUT2D eigenvalue weighted by Crippen LogP contribution is -2.28. The first-order valence-corrected chi connectivity index (χ1v) is 9.16. The highest BCUT2D eigenvalue weighted by Gasteiger charge is 2.23. The van der Waals surface area contributed by atoms with Crippen LogP contribution >= 0.6 is 34.2 Å². The van der Waals surface area contributed by atoms with Crippen LogP contribution in [0.3, 0.4) is 0 Å². The molecule has 124 valence electrons. The third kappa shape index (κ3) is 3.89. The van der Waals surface area contributed by atoms with E-state index in [1.54, 1.807) is 30.3 Å². The molecule has 0 bridgehead atoms. The van der Waals surface area contributed by atoms with Gasteiger partial charge in [-0.3, -0.25) is 9.59 Å². The van der Waals surface area contributed by atoms with Crippen LogP contribution in [0.1, 0.15) is 33.6 Å². The van der Waals surface area contributed by atoms with Gasteiger partial charge in [-0.25, -0.2) is 0 Å². The van der Waals surface area contributed by atoms with E-state index in [9.17, 15) is 9.59 Å². The molecule has 0 radical (unpaired) electrons. The van der Waals surface area contributed by atoms with Gasteiger partial charge >= 0.3 is 0 Å². The number of carbonyl (C=O) groups is 2. The maximum Gasteiger partial charge on any atom is 0.255 e. The van der Waals surface area contributed by atoms with Crippen LogP contribution in [0.4, 0.5) is 5.69 Å². The second-order valence-electron chi connectivity index (χ2n) is 5.65. The molecule has 1 aliphatic heterocycles. The average molecular weight is 455 g/mol. The molecule has 2 aromatic carbocycles. The fourth-order valence-electron chi connectivity index (χ4n) is 2.72. The molecule has 1 heterocycles. The number of carbonyl (C=O) groups excluding carboxylic acids is 2. The lowest BCUT2D eigenvalue weighted by atomic mass is 10.1. The van der Waals surface area contributed by atoms with Gasteiger partial charge in [0.2, 0.25) is 0 Å².